The van der Waals surface area contributed by atoms with Gasteiger partial charge in [-0.25, -0.2) is 0 Å². The van der Waals surface area contributed by atoms with E-state index in [-0.39, 0.29) is 12.6 Å². The van der Waals surface area contributed by atoms with E-state index < -0.39 is 0 Å². The van der Waals surface area contributed by atoms with E-state index in [4.69, 9.17) is 0 Å². The third-order valence-electron chi connectivity index (χ3n) is 2.76. The van der Waals surface area contributed by atoms with Crippen LogP contribution in [0.3, 0.4) is 0 Å². The molecule has 0 saturated carbocycles. The maximum absolute atomic E-state index is 12.6. The Kier molecular flexibility index (Phi) is 4.12. The van der Waals surface area contributed by atoms with Gasteiger partial charge in [-0.2, -0.15) is 0 Å². The Hall–Kier alpha value is -0.850. The molecular formula is C13H19F. The van der Waals surface area contributed by atoms with Crippen LogP contribution in [0.2, 0.25) is 0 Å². The van der Waals surface area contributed by atoms with Crippen LogP contribution in [0.1, 0.15) is 43.4 Å². The number of rotatable bonds is 4. The van der Waals surface area contributed by atoms with Crippen LogP contribution >= 0.6 is 0 Å². The van der Waals surface area contributed by atoms with Crippen LogP contribution in [0.15, 0.2) is 18.2 Å². The molecule has 14 heavy (non-hydrogen) atoms. The van der Waals surface area contributed by atoms with Crippen molar-refractivity contribution in [1.82, 2.24) is 0 Å². The molecule has 0 N–H and O–H groups in total. The molecule has 1 unspecified atom stereocenters. The molecule has 0 radical (unpaired) electrons. The van der Waals surface area contributed by atoms with Crippen molar-refractivity contribution in [1.29, 1.82) is 0 Å². The number of aryl methyl sites for hydroxylation is 2. The van der Waals surface area contributed by atoms with E-state index in [0.29, 0.717) is 0 Å². The predicted molar refractivity (Wildman–Crippen MR) is 59.6 cm³/mol. The molecule has 0 amide bonds. The molecule has 0 bridgehead atoms. The minimum atomic E-state index is -0.264. The van der Waals surface area contributed by atoms with Gasteiger partial charge in [-0.15, -0.1) is 0 Å². The fourth-order valence-electron chi connectivity index (χ4n) is 1.73. The molecule has 1 heteroatoms. The van der Waals surface area contributed by atoms with E-state index in [9.17, 15) is 4.39 Å². The Balaban J connectivity index is 3.08. The average Bonchev–Trinajstić information content (AvgIpc) is 2.27. The highest BCUT2D eigenvalue weighted by Crippen LogP contribution is 2.22. The van der Waals surface area contributed by atoms with Crippen molar-refractivity contribution in [2.24, 2.45) is 0 Å². The molecule has 1 atom stereocenters. The molecule has 0 fully saturated rings. The topological polar surface area (TPSA) is 0 Å². The van der Waals surface area contributed by atoms with Gasteiger partial charge in [-0.05, 0) is 29.5 Å². The first kappa shape index (κ1) is 11.2. The zero-order valence-corrected chi connectivity index (χ0v) is 9.31. The van der Waals surface area contributed by atoms with Gasteiger partial charge in [0.25, 0.3) is 0 Å². The first-order valence-electron chi connectivity index (χ1n) is 5.40. The van der Waals surface area contributed by atoms with Crippen molar-refractivity contribution in [3.63, 3.8) is 0 Å². The third kappa shape index (κ3) is 2.34. The molecule has 78 valence electrons. The lowest BCUT2D eigenvalue weighted by atomic mass is 9.93. The van der Waals surface area contributed by atoms with Crippen LogP contribution in [-0.2, 0) is 12.8 Å². The number of alkyl halides is 1. The summed E-state index contributed by atoms with van der Waals surface area (Å²) in [5.41, 5.74) is 3.78. The zero-order valence-electron chi connectivity index (χ0n) is 9.31. The summed E-state index contributed by atoms with van der Waals surface area (Å²) in [5, 5.41) is 0. The number of hydrogen-bond donors (Lipinski definition) is 0. The lowest BCUT2D eigenvalue weighted by Crippen LogP contribution is -2.01. The first-order valence-corrected chi connectivity index (χ1v) is 5.40. The van der Waals surface area contributed by atoms with E-state index in [1.807, 2.05) is 6.92 Å². The van der Waals surface area contributed by atoms with Gasteiger partial charge in [0.2, 0.25) is 0 Å². The van der Waals surface area contributed by atoms with Crippen LogP contribution < -0.4 is 0 Å². The second-order valence-electron chi connectivity index (χ2n) is 3.80. The van der Waals surface area contributed by atoms with Crippen LogP contribution in [0.4, 0.5) is 4.39 Å². The standard InChI is InChI=1S/C13H19F/c1-4-11-6-7-12(5-2)13(8-11)10(3)9-14/h6-8,10H,4-5,9H2,1-3H3. The SMILES string of the molecule is CCc1ccc(CC)c(C(C)CF)c1. The highest BCUT2D eigenvalue weighted by Gasteiger charge is 2.09. The molecule has 0 saturated heterocycles. The molecule has 0 nitrogen and oxygen atoms in total. The van der Waals surface area contributed by atoms with Gasteiger partial charge in [0, 0.05) is 5.92 Å². The molecule has 1 aromatic carbocycles. The summed E-state index contributed by atoms with van der Waals surface area (Å²) in [4.78, 5) is 0. The number of benzene rings is 1. The summed E-state index contributed by atoms with van der Waals surface area (Å²) in [5.74, 6) is 0.0384. The van der Waals surface area contributed by atoms with Gasteiger partial charge in [0.15, 0.2) is 0 Å². The summed E-state index contributed by atoms with van der Waals surface area (Å²) in [6, 6.07) is 6.44. The largest absolute Gasteiger partial charge is 0.250 e. The molecule has 0 aromatic heterocycles. The molecule has 1 rings (SSSR count). The second kappa shape index (κ2) is 5.14. The highest BCUT2D eigenvalue weighted by atomic mass is 19.1. The summed E-state index contributed by atoms with van der Waals surface area (Å²) in [6.45, 7) is 5.94. The van der Waals surface area contributed by atoms with E-state index in [2.05, 4.69) is 32.0 Å². The molecular weight excluding hydrogens is 175 g/mol. The smallest absolute Gasteiger partial charge is 0.0960 e. The van der Waals surface area contributed by atoms with Gasteiger partial charge >= 0.3 is 0 Å². The Bertz CT molecular complexity index is 291. The summed E-state index contributed by atoms with van der Waals surface area (Å²) in [6.07, 6.45) is 2.01. The minimum absolute atomic E-state index is 0.0384. The molecule has 0 aliphatic carbocycles. The van der Waals surface area contributed by atoms with Crippen molar-refractivity contribution in [2.75, 3.05) is 6.67 Å². The van der Waals surface area contributed by atoms with E-state index in [0.717, 1.165) is 12.8 Å². The fourth-order valence-corrected chi connectivity index (χ4v) is 1.73. The van der Waals surface area contributed by atoms with Crippen LogP contribution in [0.25, 0.3) is 0 Å². The lowest BCUT2D eigenvalue weighted by Gasteiger charge is -2.14. The van der Waals surface area contributed by atoms with Crippen molar-refractivity contribution in [2.45, 2.75) is 39.5 Å². The second-order valence-corrected chi connectivity index (χ2v) is 3.80. The quantitative estimate of drug-likeness (QED) is 0.682. The lowest BCUT2D eigenvalue weighted by molar-refractivity contribution is 0.445. The van der Waals surface area contributed by atoms with Gasteiger partial charge < -0.3 is 0 Å². The summed E-state index contributed by atoms with van der Waals surface area (Å²) >= 11 is 0. The number of hydrogen-bond acceptors (Lipinski definition) is 0. The summed E-state index contributed by atoms with van der Waals surface area (Å²) in [7, 11) is 0. The van der Waals surface area contributed by atoms with Crippen LogP contribution in [-0.4, -0.2) is 6.67 Å². The maximum atomic E-state index is 12.6. The van der Waals surface area contributed by atoms with Crippen molar-refractivity contribution in [3.05, 3.63) is 34.9 Å². The number of halogens is 1. The molecule has 0 aliphatic rings. The Labute approximate surface area is 86.2 Å². The van der Waals surface area contributed by atoms with Gasteiger partial charge in [-0.3, -0.25) is 4.39 Å². The van der Waals surface area contributed by atoms with E-state index in [1.54, 1.807) is 0 Å². The van der Waals surface area contributed by atoms with Crippen molar-refractivity contribution < 1.29 is 4.39 Å². The van der Waals surface area contributed by atoms with E-state index in [1.165, 1.54) is 16.7 Å². The van der Waals surface area contributed by atoms with Gasteiger partial charge in [0.05, 0.1) is 6.67 Å². The Morgan fingerprint density at radius 1 is 1.21 bits per heavy atom. The maximum Gasteiger partial charge on any atom is 0.0960 e. The molecule has 1 aromatic rings. The highest BCUT2D eigenvalue weighted by molar-refractivity contribution is 5.34. The monoisotopic (exact) mass is 194 g/mol. The van der Waals surface area contributed by atoms with Crippen LogP contribution in [0.5, 0.6) is 0 Å². The normalized spacial score (nSPS) is 12.9. The van der Waals surface area contributed by atoms with Gasteiger partial charge in [-0.1, -0.05) is 39.0 Å². The molecule has 0 heterocycles. The predicted octanol–water partition coefficient (Wildman–Crippen LogP) is 3.88. The summed E-state index contributed by atoms with van der Waals surface area (Å²) < 4.78 is 12.6. The van der Waals surface area contributed by atoms with E-state index >= 15 is 0 Å². The fraction of sp³-hybridized carbons (Fsp3) is 0.538. The zero-order chi connectivity index (χ0) is 10.6. The Morgan fingerprint density at radius 3 is 2.43 bits per heavy atom. The average molecular weight is 194 g/mol. The molecule has 0 aliphatic heterocycles. The minimum Gasteiger partial charge on any atom is -0.250 e. The molecule has 0 spiro atoms. The van der Waals surface area contributed by atoms with Crippen molar-refractivity contribution >= 4 is 0 Å². The van der Waals surface area contributed by atoms with Crippen molar-refractivity contribution in [3.8, 4) is 0 Å². The van der Waals surface area contributed by atoms with Crippen LogP contribution in [0, 0.1) is 0 Å². The first-order chi connectivity index (χ1) is 6.72. The third-order valence-corrected chi connectivity index (χ3v) is 2.76. The van der Waals surface area contributed by atoms with Gasteiger partial charge in [0.1, 0.15) is 0 Å². The Morgan fingerprint density at radius 2 is 1.93 bits per heavy atom.